The van der Waals surface area contributed by atoms with Crippen LogP contribution >= 0.6 is 0 Å². The minimum absolute atomic E-state index is 0.0179. The topological polar surface area (TPSA) is 275 Å². The quantitative estimate of drug-likeness (QED) is 0.0477. The van der Waals surface area contributed by atoms with Crippen molar-refractivity contribution in [3.63, 3.8) is 0 Å². The lowest BCUT2D eigenvalue weighted by atomic mass is 9.60. The van der Waals surface area contributed by atoms with Crippen LogP contribution < -0.4 is 4.31 Å². The Morgan fingerprint density at radius 2 is 0.824 bits per heavy atom. The molecule has 0 saturated heterocycles. The molecule has 5 saturated carbocycles. The van der Waals surface area contributed by atoms with E-state index in [9.17, 15) is 44.4 Å². The van der Waals surface area contributed by atoms with Gasteiger partial charge in [0.15, 0.2) is 17.3 Å². The molecule has 9 aromatic heterocycles. The zero-order valence-electron chi connectivity index (χ0n) is 70.6. The zero-order chi connectivity index (χ0) is 87.4. The fraction of sp³-hybridized carbons (Fsp3) is 0.340. The van der Waals surface area contributed by atoms with Crippen LogP contribution in [0.1, 0.15) is 165 Å². The molecular formula is C94H97F3N18O7S3. The molecule has 5 fully saturated rings. The van der Waals surface area contributed by atoms with Gasteiger partial charge in [-0.1, -0.05) is 16.7 Å². The number of allylic oxidation sites excluding steroid dienone is 3. The van der Waals surface area contributed by atoms with Gasteiger partial charge < -0.3 is 0 Å². The third kappa shape index (κ3) is 15.8. The predicted molar refractivity (Wildman–Crippen MR) is 474 cm³/mol. The Hall–Kier alpha value is -11.9. The molecule has 0 aliphatic heterocycles. The van der Waals surface area contributed by atoms with Crippen molar-refractivity contribution in [2.24, 2.45) is 43.3 Å². The summed E-state index contributed by atoms with van der Waals surface area (Å²) >= 11 is 0. The molecular weight excluding hydrogens is 1650 g/mol. The molecule has 31 heteroatoms. The van der Waals surface area contributed by atoms with Gasteiger partial charge >= 0.3 is 0 Å². The summed E-state index contributed by atoms with van der Waals surface area (Å²) in [5, 5.41) is 25.8. The highest BCUT2D eigenvalue weighted by molar-refractivity contribution is 7.98. The first kappa shape index (κ1) is 84.0. The second kappa shape index (κ2) is 32.6. The number of halogens is 3. The summed E-state index contributed by atoms with van der Waals surface area (Å²) in [6.45, 7) is 6.51. The number of fused-ring (bicyclic) bond motifs is 6. The fourth-order valence-electron chi connectivity index (χ4n) is 19.5. The van der Waals surface area contributed by atoms with Gasteiger partial charge in [-0.15, -0.1) is 0 Å². The third-order valence-corrected chi connectivity index (χ3v) is 32.9. The monoisotopic (exact) mass is 1740 g/mol. The average molecular weight is 1740 g/mol. The Morgan fingerprint density at radius 1 is 0.448 bits per heavy atom. The van der Waals surface area contributed by atoms with E-state index < -0.39 is 50.9 Å². The number of aromatic nitrogens is 15. The number of hydrogen-bond acceptors (Lipinski definition) is 16. The number of carbonyl (C=O) groups is 3. The molecule has 12 aromatic rings. The van der Waals surface area contributed by atoms with Gasteiger partial charge in [0, 0.05) is 90.0 Å². The lowest BCUT2D eigenvalue weighted by Crippen LogP contribution is -2.51. The number of hydrogen-bond donors (Lipinski definition) is 0. The summed E-state index contributed by atoms with van der Waals surface area (Å²) in [5.74, 6) is 7.84. The van der Waals surface area contributed by atoms with E-state index in [0.29, 0.717) is 108 Å². The molecule has 0 radical (unpaired) electrons. The molecule has 644 valence electrons. The predicted octanol–water partition coefficient (Wildman–Crippen LogP) is 14.5. The molecule has 0 bridgehead atoms. The highest BCUT2D eigenvalue weighted by atomic mass is 32.2. The zero-order valence-corrected chi connectivity index (χ0v) is 73.1. The fourth-order valence-corrected chi connectivity index (χ4v) is 25.3. The minimum Gasteiger partial charge on any atom is -0.291 e. The molecule has 9 heterocycles. The van der Waals surface area contributed by atoms with Crippen LogP contribution in [0.3, 0.4) is 0 Å². The van der Waals surface area contributed by atoms with Crippen LogP contribution in [-0.4, -0.2) is 165 Å². The molecule has 3 aromatic carbocycles. The van der Waals surface area contributed by atoms with Crippen molar-refractivity contribution in [3.8, 4) is 17.1 Å². The van der Waals surface area contributed by atoms with Gasteiger partial charge in [0.1, 0.15) is 34.5 Å². The molecule has 8 aliphatic carbocycles. The van der Waals surface area contributed by atoms with Crippen molar-refractivity contribution in [2.45, 2.75) is 157 Å². The van der Waals surface area contributed by atoms with Gasteiger partial charge in [-0.25, -0.2) is 52.7 Å². The van der Waals surface area contributed by atoms with E-state index in [1.165, 1.54) is 53.9 Å². The molecule has 25 nitrogen and oxygen atoms in total. The van der Waals surface area contributed by atoms with Gasteiger partial charge in [-0.3, -0.25) is 47.7 Å². The van der Waals surface area contributed by atoms with E-state index in [2.05, 4.69) is 78.0 Å². The average Bonchev–Trinajstić information content (AvgIpc) is 1.72. The molecule has 0 spiro atoms. The summed E-state index contributed by atoms with van der Waals surface area (Å²) in [6, 6.07) is 29.6. The second-order valence-corrected chi connectivity index (χ2v) is 41.6. The highest BCUT2D eigenvalue weighted by Gasteiger charge is 2.57. The number of Topliss-reactive ketones (excluding diaryl/α,β-unsaturated/α-hetero) is 3. The number of sulfonamides is 1. The maximum absolute atomic E-state index is 14.7. The van der Waals surface area contributed by atoms with E-state index in [-0.39, 0.29) is 59.3 Å². The van der Waals surface area contributed by atoms with E-state index in [4.69, 9.17) is 0 Å². The first-order chi connectivity index (χ1) is 59.9. The van der Waals surface area contributed by atoms with E-state index in [0.717, 1.165) is 117 Å². The number of ketones is 3. The van der Waals surface area contributed by atoms with Crippen molar-refractivity contribution in [1.82, 2.24) is 82.2 Å². The normalized spacial score (nSPS) is 22.2. The number of aryl methyl sites for hydroxylation is 6. The van der Waals surface area contributed by atoms with E-state index in [1.54, 1.807) is 124 Å². The molecule has 0 N–H and O–H groups in total. The summed E-state index contributed by atoms with van der Waals surface area (Å²) in [7, 11) is -2.58. The number of carbonyl (C=O) groups excluding carboxylic acids is 3. The molecule has 0 amide bonds. The van der Waals surface area contributed by atoms with Crippen LogP contribution in [0.4, 0.5) is 18.9 Å². The molecule has 125 heavy (non-hydrogen) atoms. The van der Waals surface area contributed by atoms with Crippen LogP contribution in [0.5, 0.6) is 0 Å². The summed E-state index contributed by atoms with van der Waals surface area (Å²) in [6.07, 6.45) is 36.7. The molecule has 8 atom stereocenters. The molecule has 8 aliphatic rings. The first-order valence-electron chi connectivity index (χ1n) is 42.2. The van der Waals surface area contributed by atoms with Crippen molar-refractivity contribution < 1.29 is 44.4 Å². The van der Waals surface area contributed by atoms with Crippen LogP contribution in [0.25, 0.3) is 35.3 Å². The van der Waals surface area contributed by atoms with Gasteiger partial charge in [0.05, 0.1) is 128 Å². The van der Waals surface area contributed by atoms with Crippen LogP contribution in [-0.2, 0) is 69.8 Å². The van der Waals surface area contributed by atoms with Crippen molar-refractivity contribution in [3.05, 3.63) is 285 Å². The summed E-state index contributed by atoms with van der Waals surface area (Å²) in [5.41, 5.74) is 12.2. The smallest absolute Gasteiger partial charge is 0.237 e. The Balaban J connectivity index is 0.000000127. The summed E-state index contributed by atoms with van der Waals surface area (Å²) in [4.78, 5) is 58.3. The maximum Gasteiger partial charge on any atom is 0.237 e. The van der Waals surface area contributed by atoms with E-state index in [1.807, 2.05) is 93.0 Å². The summed E-state index contributed by atoms with van der Waals surface area (Å²) < 4.78 is 113. The molecule has 20 rings (SSSR count). The van der Waals surface area contributed by atoms with Crippen LogP contribution in [0.15, 0.2) is 210 Å². The van der Waals surface area contributed by atoms with Gasteiger partial charge in [-0.2, -0.15) is 30.6 Å². The van der Waals surface area contributed by atoms with Crippen LogP contribution in [0, 0.1) is 60.4 Å². The Labute approximate surface area is 724 Å². The standard InChI is InChI=1S/C33H35FN6O2S.C32H33FN6O2S.C29H29FN6O3S/c1-22-12-13-35-30(14-22)32(41)33-16-24-18-37-40(27-10-7-26(34)8-11-27)31(24)15-25(33)6-9-28(17-33)39(20-23-4-5-23)43(3,42)29-19-36-38(2)21-29;1-21-12-13-34-29(14-21)31(40)32-16-22-18-36-38(25-8-5-24(33)6-9-25)30(22)15-23(32)4-7-27(17-32)39(26-10-11-26)42(3,41)28-19-35-37(2)20-28;1-19-10-11-31-26(12-19)28(37)29-14-20-16-33-36(23-7-5-22(30)6-8-23)27(20)13-21(29)4-9-25(15-29)40(38,39)35(3)24-17-32-34(2)18-24/h7-8,10-15,18-19,21,23,28H,3-6,9,16-17,20H2,1-2H3;5-6,8-9,12-15,18-20,26-27H,3-4,7,10-11,16-17H2,1-2H3;5-8,10-13,16-18,25H,4,9,14-15H2,1-3H3/t28-,33-,43?;27-,32-,42?;25-,29-/m000/s1. The highest BCUT2D eigenvalue weighted by Crippen LogP contribution is 2.56. The SMILES string of the molecule is C=S(=O)(c1cnn(C)c1)N(C1CC1)[C@H]1CCC2=Cc3c(cnn3-c3ccc(F)cc3)C[C@]2(C(=O)c2cc(C)ccn2)C1.C=S(=O)(c1cnn(C)c1)N(CC1CC1)[C@H]1CCC2=Cc3c(cnn3-c3ccc(F)cc3)C[C@]2(C(=O)c2cc(C)ccn2)C1.Cc1ccnc(C(=O)[C@]23Cc4cnn(-c5ccc(F)cc5)c4C=C2CC[C@H](S(=O)(=O)N(C)c2cnn(C)c2)C3)c1. The first-order valence-corrected chi connectivity index (χ1v) is 47.0. The number of rotatable bonds is 21. The number of anilines is 1. The largest absolute Gasteiger partial charge is 0.291 e. The van der Waals surface area contributed by atoms with Crippen molar-refractivity contribution in [2.75, 3.05) is 17.9 Å². The Morgan fingerprint density at radius 3 is 1.20 bits per heavy atom. The Bertz CT molecular complexity index is 6720. The Kier molecular flexibility index (Phi) is 21.9. The van der Waals surface area contributed by atoms with Crippen LogP contribution in [0.2, 0.25) is 0 Å². The lowest BCUT2D eigenvalue weighted by molar-refractivity contribution is 0.0732. The third-order valence-electron chi connectivity index (χ3n) is 26.3. The minimum atomic E-state index is -3.81. The number of pyridine rings is 3. The van der Waals surface area contributed by atoms with E-state index >= 15 is 0 Å². The van der Waals surface area contributed by atoms with Gasteiger partial charge in [0.25, 0.3) is 0 Å². The number of nitrogens with zero attached hydrogens (tertiary/aromatic N) is 18. The van der Waals surface area contributed by atoms with Gasteiger partial charge in [0.2, 0.25) is 10.0 Å². The maximum atomic E-state index is 14.7. The number of benzene rings is 3. The second-order valence-electron chi connectivity index (χ2n) is 34.9. The lowest BCUT2D eigenvalue weighted by Gasteiger charge is -2.47. The van der Waals surface area contributed by atoms with Crippen molar-refractivity contribution in [1.29, 1.82) is 0 Å². The van der Waals surface area contributed by atoms with Gasteiger partial charge in [-0.05, 0) is 302 Å². The molecule has 2 unspecified atom stereocenters. The van der Waals surface area contributed by atoms with Crippen molar-refractivity contribution >= 4 is 82.4 Å².